The van der Waals surface area contributed by atoms with Crippen LogP contribution in [-0.2, 0) is 11.2 Å². The van der Waals surface area contributed by atoms with Crippen LogP contribution >= 0.6 is 11.8 Å². The Labute approximate surface area is 119 Å². The highest BCUT2D eigenvalue weighted by molar-refractivity contribution is 7.99. The molecule has 3 heterocycles. The number of hydrogen-bond donors (Lipinski definition) is 1. The van der Waals surface area contributed by atoms with Crippen molar-refractivity contribution in [2.24, 2.45) is 0 Å². The van der Waals surface area contributed by atoms with E-state index in [2.05, 4.69) is 22.4 Å². The Morgan fingerprint density at radius 1 is 1.47 bits per heavy atom. The van der Waals surface area contributed by atoms with Crippen molar-refractivity contribution in [1.82, 2.24) is 10.3 Å². The number of ether oxygens (including phenoxy) is 1. The van der Waals surface area contributed by atoms with Gasteiger partial charge in [-0.1, -0.05) is 6.07 Å². The quantitative estimate of drug-likeness (QED) is 0.916. The van der Waals surface area contributed by atoms with E-state index in [1.54, 1.807) is 0 Å². The summed E-state index contributed by atoms with van der Waals surface area (Å²) in [5, 5.41) is 3.69. The monoisotopic (exact) mass is 278 g/mol. The Morgan fingerprint density at radius 3 is 3.26 bits per heavy atom. The fourth-order valence-electron chi connectivity index (χ4n) is 3.02. The predicted octanol–water partition coefficient (Wildman–Crippen LogP) is 2.27. The molecule has 0 bridgehead atoms. The van der Waals surface area contributed by atoms with Crippen molar-refractivity contribution in [3.63, 3.8) is 0 Å². The van der Waals surface area contributed by atoms with Crippen LogP contribution in [0.25, 0.3) is 0 Å². The summed E-state index contributed by atoms with van der Waals surface area (Å²) < 4.78 is 6.05. The normalized spacial score (nSPS) is 30.8. The second-order valence-corrected chi connectivity index (χ2v) is 6.65. The van der Waals surface area contributed by atoms with Gasteiger partial charge in [0, 0.05) is 43.3 Å². The average Bonchev–Trinajstić information content (AvgIpc) is 2.88. The van der Waals surface area contributed by atoms with E-state index >= 15 is 0 Å². The summed E-state index contributed by atoms with van der Waals surface area (Å²) >= 11 is 2.04. The van der Waals surface area contributed by atoms with Gasteiger partial charge in [0.15, 0.2) is 0 Å². The summed E-state index contributed by atoms with van der Waals surface area (Å²) in [4.78, 5) is 4.36. The van der Waals surface area contributed by atoms with E-state index in [1.165, 1.54) is 30.0 Å². The molecule has 1 spiro atoms. The van der Waals surface area contributed by atoms with Crippen LogP contribution in [0.1, 0.15) is 25.0 Å². The molecule has 0 radical (unpaired) electrons. The van der Waals surface area contributed by atoms with Crippen LogP contribution in [0.4, 0.5) is 0 Å². The maximum atomic E-state index is 6.05. The van der Waals surface area contributed by atoms with E-state index in [1.807, 2.05) is 24.0 Å². The predicted molar refractivity (Wildman–Crippen MR) is 79.6 cm³/mol. The lowest BCUT2D eigenvalue weighted by Crippen LogP contribution is -2.47. The molecule has 2 atom stereocenters. The van der Waals surface area contributed by atoms with Gasteiger partial charge in [-0.05, 0) is 37.1 Å². The lowest BCUT2D eigenvalue weighted by atomic mass is 9.90. The summed E-state index contributed by atoms with van der Waals surface area (Å²) in [6, 6.07) is 6.75. The molecule has 2 unspecified atom stereocenters. The number of nitrogens with zero attached hydrogens (tertiary/aromatic N) is 1. The van der Waals surface area contributed by atoms with Crippen molar-refractivity contribution in [2.75, 3.05) is 24.7 Å². The first-order chi connectivity index (χ1) is 9.36. The highest BCUT2D eigenvalue weighted by Gasteiger charge is 2.40. The molecule has 0 aromatic carbocycles. The lowest BCUT2D eigenvalue weighted by molar-refractivity contribution is -0.0699. The molecule has 0 amide bonds. The molecular formula is C15H22N2OS. The molecule has 1 aromatic heterocycles. The minimum Gasteiger partial charge on any atom is -0.374 e. The number of nitrogens with one attached hydrogen (secondary N) is 1. The second-order valence-electron chi connectivity index (χ2n) is 5.55. The molecule has 3 rings (SSSR count). The van der Waals surface area contributed by atoms with E-state index in [4.69, 9.17) is 4.74 Å². The third-order valence-corrected chi connectivity index (χ3v) is 5.32. The molecule has 19 heavy (non-hydrogen) atoms. The number of pyridine rings is 1. The van der Waals surface area contributed by atoms with Crippen LogP contribution in [0.3, 0.4) is 0 Å². The van der Waals surface area contributed by atoms with Gasteiger partial charge in [0.25, 0.3) is 0 Å². The fraction of sp³-hybridized carbons (Fsp3) is 0.667. The van der Waals surface area contributed by atoms with Crippen molar-refractivity contribution >= 4 is 11.8 Å². The number of aromatic nitrogens is 1. The maximum Gasteiger partial charge on any atom is 0.0795 e. The van der Waals surface area contributed by atoms with E-state index in [0.29, 0.717) is 6.04 Å². The maximum absolute atomic E-state index is 6.05. The Balaban J connectivity index is 1.45. The standard InChI is InChI=1S/C15H22N2OS/c1-2-7-16-13(3-1)4-8-17-14-5-9-18-15(11-14)6-10-19-12-15/h1-3,7,14,17H,4-6,8-12H2. The SMILES string of the molecule is c1ccc(CCNC2CCOC3(CCSC3)C2)nc1. The van der Waals surface area contributed by atoms with Gasteiger partial charge in [-0.25, -0.2) is 0 Å². The average molecular weight is 278 g/mol. The van der Waals surface area contributed by atoms with E-state index in [0.717, 1.165) is 26.0 Å². The Bertz CT molecular complexity index is 392. The summed E-state index contributed by atoms with van der Waals surface area (Å²) in [7, 11) is 0. The number of thioether (sulfide) groups is 1. The summed E-state index contributed by atoms with van der Waals surface area (Å²) in [5.74, 6) is 2.45. The van der Waals surface area contributed by atoms with Gasteiger partial charge in [0.2, 0.25) is 0 Å². The van der Waals surface area contributed by atoms with Crippen molar-refractivity contribution in [3.8, 4) is 0 Å². The molecule has 0 aliphatic carbocycles. The Hall–Kier alpha value is -0.580. The smallest absolute Gasteiger partial charge is 0.0795 e. The van der Waals surface area contributed by atoms with E-state index < -0.39 is 0 Å². The van der Waals surface area contributed by atoms with Gasteiger partial charge in [0.1, 0.15) is 0 Å². The van der Waals surface area contributed by atoms with Crippen LogP contribution in [-0.4, -0.2) is 41.3 Å². The van der Waals surface area contributed by atoms with Crippen LogP contribution in [0, 0.1) is 0 Å². The van der Waals surface area contributed by atoms with Gasteiger partial charge in [-0.2, -0.15) is 11.8 Å². The van der Waals surface area contributed by atoms with Crippen molar-refractivity contribution in [1.29, 1.82) is 0 Å². The topological polar surface area (TPSA) is 34.1 Å². The fourth-order valence-corrected chi connectivity index (χ4v) is 4.39. The molecule has 4 heteroatoms. The molecule has 2 aliphatic rings. The van der Waals surface area contributed by atoms with Gasteiger partial charge in [-0.15, -0.1) is 0 Å². The molecule has 0 saturated carbocycles. The third-order valence-electron chi connectivity index (χ3n) is 4.10. The van der Waals surface area contributed by atoms with Crippen LogP contribution < -0.4 is 5.32 Å². The summed E-state index contributed by atoms with van der Waals surface area (Å²) in [5.41, 5.74) is 1.36. The van der Waals surface area contributed by atoms with Crippen molar-refractivity contribution in [3.05, 3.63) is 30.1 Å². The Morgan fingerprint density at radius 2 is 2.47 bits per heavy atom. The zero-order valence-corrected chi connectivity index (χ0v) is 12.1. The van der Waals surface area contributed by atoms with Gasteiger partial charge < -0.3 is 10.1 Å². The lowest BCUT2D eigenvalue weighted by Gasteiger charge is -2.38. The first-order valence-corrected chi connectivity index (χ1v) is 8.37. The minimum absolute atomic E-state index is 0.186. The van der Waals surface area contributed by atoms with Gasteiger partial charge in [-0.3, -0.25) is 4.98 Å². The summed E-state index contributed by atoms with van der Waals surface area (Å²) in [6.07, 6.45) is 6.45. The highest BCUT2D eigenvalue weighted by atomic mass is 32.2. The third kappa shape index (κ3) is 3.50. The first-order valence-electron chi connectivity index (χ1n) is 7.21. The molecule has 104 valence electrons. The summed E-state index contributed by atoms with van der Waals surface area (Å²) in [6.45, 7) is 1.94. The molecule has 1 aromatic rings. The van der Waals surface area contributed by atoms with Crippen molar-refractivity contribution < 1.29 is 4.74 Å². The number of hydrogen-bond acceptors (Lipinski definition) is 4. The van der Waals surface area contributed by atoms with Crippen LogP contribution in [0.2, 0.25) is 0 Å². The van der Waals surface area contributed by atoms with E-state index in [9.17, 15) is 0 Å². The van der Waals surface area contributed by atoms with Gasteiger partial charge in [0.05, 0.1) is 5.60 Å². The molecule has 2 aliphatic heterocycles. The second kappa shape index (κ2) is 6.25. The van der Waals surface area contributed by atoms with Crippen molar-refractivity contribution in [2.45, 2.75) is 37.3 Å². The largest absolute Gasteiger partial charge is 0.374 e. The molecule has 3 nitrogen and oxygen atoms in total. The molecular weight excluding hydrogens is 256 g/mol. The number of rotatable bonds is 4. The first kappa shape index (κ1) is 13.4. The van der Waals surface area contributed by atoms with Crippen LogP contribution in [0.15, 0.2) is 24.4 Å². The minimum atomic E-state index is 0.186. The highest BCUT2D eigenvalue weighted by Crippen LogP contribution is 2.38. The zero-order valence-electron chi connectivity index (χ0n) is 11.3. The molecule has 2 saturated heterocycles. The Kier molecular flexibility index (Phi) is 4.41. The van der Waals surface area contributed by atoms with Crippen LogP contribution in [0.5, 0.6) is 0 Å². The zero-order chi connectivity index (χ0) is 13.0. The molecule has 2 fully saturated rings. The molecule has 1 N–H and O–H groups in total. The van der Waals surface area contributed by atoms with Gasteiger partial charge >= 0.3 is 0 Å². The van der Waals surface area contributed by atoms with E-state index in [-0.39, 0.29) is 5.60 Å².